The van der Waals surface area contributed by atoms with Gasteiger partial charge < -0.3 is 4.74 Å². The lowest BCUT2D eigenvalue weighted by Crippen LogP contribution is -2.54. The van der Waals surface area contributed by atoms with E-state index in [1.807, 2.05) is 5.32 Å². The molecule has 12 heteroatoms. The Morgan fingerprint density at radius 2 is 1.68 bits per heavy atom. The normalized spacial score (nSPS) is 15.2. The number of urea groups is 1. The van der Waals surface area contributed by atoms with Gasteiger partial charge in [-0.1, -0.05) is 47.5 Å². The molecule has 4 rings (SSSR count). The Bertz CT molecular complexity index is 1460. The molecule has 0 spiro atoms. The summed E-state index contributed by atoms with van der Waals surface area (Å²) in [6.45, 7) is -0.109. The van der Waals surface area contributed by atoms with Gasteiger partial charge in [0.05, 0.1) is 21.3 Å². The van der Waals surface area contributed by atoms with E-state index >= 15 is 0 Å². The van der Waals surface area contributed by atoms with E-state index in [1.54, 1.807) is 12.1 Å². The Morgan fingerprint density at radius 3 is 2.35 bits per heavy atom. The van der Waals surface area contributed by atoms with E-state index in [0.29, 0.717) is 22.6 Å². The molecular formula is C25H14Cl2F4N2O4. The van der Waals surface area contributed by atoms with Crippen LogP contribution in [-0.4, -0.2) is 17.8 Å². The topological polar surface area (TPSA) is 75.7 Å². The van der Waals surface area contributed by atoms with Crippen molar-refractivity contribution < 1.29 is 36.7 Å². The maximum absolute atomic E-state index is 13.8. The lowest BCUT2D eigenvalue weighted by molar-refractivity contribution is -0.137. The first-order valence-electron chi connectivity index (χ1n) is 10.4. The van der Waals surface area contributed by atoms with Crippen molar-refractivity contribution in [3.05, 3.63) is 98.8 Å². The minimum absolute atomic E-state index is 0.0724. The minimum Gasteiger partial charge on any atom is -0.487 e. The highest BCUT2D eigenvalue weighted by atomic mass is 35.5. The molecular weight excluding hydrogens is 539 g/mol. The second kappa shape index (κ2) is 10.2. The first-order valence-corrected chi connectivity index (χ1v) is 11.2. The zero-order chi connectivity index (χ0) is 26.9. The summed E-state index contributed by atoms with van der Waals surface area (Å²) in [5.74, 6) is -2.52. The average molecular weight is 553 g/mol. The molecule has 37 heavy (non-hydrogen) atoms. The molecule has 0 aliphatic carbocycles. The van der Waals surface area contributed by atoms with E-state index < -0.39 is 46.7 Å². The van der Waals surface area contributed by atoms with Gasteiger partial charge in [0.25, 0.3) is 11.8 Å². The van der Waals surface area contributed by atoms with Crippen LogP contribution in [0, 0.1) is 5.82 Å². The molecule has 0 radical (unpaired) electrons. The van der Waals surface area contributed by atoms with Gasteiger partial charge in [0.2, 0.25) is 0 Å². The van der Waals surface area contributed by atoms with Crippen LogP contribution in [0.2, 0.25) is 10.0 Å². The van der Waals surface area contributed by atoms with Crippen LogP contribution in [0.15, 0.2) is 66.2 Å². The Hall–Kier alpha value is -3.89. The second-order valence-electron chi connectivity index (χ2n) is 7.69. The van der Waals surface area contributed by atoms with E-state index in [2.05, 4.69) is 0 Å². The van der Waals surface area contributed by atoms with Crippen LogP contribution < -0.4 is 15.0 Å². The summed E-state index contributed by atoms with van der Waals surface area (Å²) in [5, 5.41) is 1.67. The van der Waals surface area contributed by atoms with Gasteiger partial charge in [-0.2, -0.15) is 13.2 Å². The van der Waals surface area contributed by atoms with E-state index in [1.165, 1.54) is 30.3 Å². The van der Waals surface area contributed by atoms with Gasteiger partial charge in [0.15, 0.2) is 0 Å². The van der Waals surface area contributed by atoms with E-state index in [-0.39, 0.29) is 28.0 Å². The predicted molar refractivity (Wildman–Crippen MR) is 128 cm³/mol. The number of ether oxygens (including phenoxy) is 1. The molecule has 1 heterocycles. The molecule has 1 aliphatic heterocycles. The number of amides is 4. The number of imide groups is 2. The molecule has 1 aliphatic rings. The van der Waals surface area contributed by atoms with Crippen LogP contribution in [0.4, 0.5) is 28.0 Å². The molecule has 1 N–H and O–H groups in total. The van der Waals surface area contributed by atoms with Crippen LogP contribution in [0.5, 0.6) is 5.75 Å². The van der Waals surface area contributed by atoms with Crippen LogP contribution in [0.1, 0.15) is 16.7 Å². The monoisotopic (exact) mass is 552 g/mol. The largest absolute Gasteiger partial charge is 0.487 e. The Labute approximate surface area is 217 Å². The first-order chi connectivity index (χ1) is 17.5. The summed E-state index contributed by atoms with van der Waals surface area (Å²) in [7, 11) is 0. The molecule has 3 aromatic rings. The highest BCUT2D eigenvalue weighted by Crippen LogP contribution is 2.37. The van der Waals surface area contributed by atoms with Crippen molar-refractivity contribution in [2.24, 2.45) is 0 Å². The van der Waals surface area contributed by atoms with Gasteiger partial charge in [-0.15, -0.1) is 0 Å². The van der Waals surface area contributed by atoms with Gasteiger partial charge >= 0.3 is 12.2 Å². The van der Waals surface area contributed by atoms with Crippen LogP contribution >= 0.6 is 23.2 Å². The Morgan fingerprint density at radius 1 is 0.946 bits per heavy atom. The van der Waals surface area contributed by atoms with Gasteiger partial charge in [0, 0.05) is 5.56 Å². The van der Waals surface area contributed by atoms with Crippen molar-refractivity contribution in [2.45, 2.75) is 12.8 Å². The van der Waals surface area contributed by atoms with Gasteiger partial charge in [-0.05, 0) is 48.0 Å². The number of alkyl halides is 3. The predicted octanol–water partition coefficient (Wildman–Crippen LogP) is 6.40. The average Bonchev–Trinajstić information content (AvgIpc) is 2.82. The number of benzene rings is 3. The van der Waals surface area contributed by atoms with Crippen molar-refractivity contribution in [2.75, 3.05) is 4.90 Å². The molecule has 3 aromatic carbocycles. The summed E-state index contributed by atoms with van der Waals surface area (Å²) in [6.07, 6.45) is -3.67. The van der Waals surface area contributed by atoms with Crippen molar-refractivity contribution in [1.82, 2.24) is 5.32 Å². The van der Waals surface area contributed by atoms with Crippen LogP contribution in [-0.2, 0) is 22.4 Å². The molecule has 0 saturated carbocycles. The third kappa shape index (κ3) is 5.60. The fourth-order valence-electron chi connectivity index (χ4n) is 3.40. The minimum atomic E-state index is -4.77. The fourth-order valence-corrected chi connectivity index (χ4v) is 3.84. The Kier molecular flexibility index (Phi) is 7.24. The SMILES string of the molecule is O=C1NC(=O)N(c2cc(C(F)(F)F)ccc2Cl)C(=O)/C1=C\c1ccc(OCc2ccccc2F)c(Cl)c1. The number of hydrogen-bond donors (Lipinski definition) is 1. The van der Waals surface area contributed by atoms with Gasteiger partial charge in [0.1, 0.15) is 23.7 Å². The van der Waals surface area contributed by atoms with Crippen molar-refractivity contribution in [3.8, 4) is 5.75 Å². The third-order valence-corrected chi connectivity index (χ3v) is 5.84. The van der Waals surface area contributed by atoms with Crippen LogP contribution in [0.3, 0.4) is 0 Å². The zero-order valence-electron chi connectivity index (χ0n) is 18.4. The Balaban J connectivity index is 1.62. The molecule has 0 aromatic heterocycles. The smallest absolute Gasteiger partial charge is 0.416 e. The summed E-state index contributed by atoms with van der Waals surface area (Å²) in [4.78, 5) is 38.2. The molecule has 4 amide bonds. The fraction of sp³-hybridized carbons (Fsp3) is 0.0800. The van der Waals surface area contributed by atoms with E-state index in [0.717, 1.165) is 12.1 Å². The molecule has 0 unspecified atom stereocenters. The maximum Gasteiger partial charge on any atom is 0.416 e. The summed E-state index contributed by atoms with van der Waals surface area (Å²) < 4.78 is 58.9. The lowest BCUT2D eigenvalue weighted by Gasteiger charge is -2.27. The van der Waals surface area contributed by atoms with Crippen molar-refractivity contribution in [3.63, 3.8) is 0 Å². The number of nitrogens with zero attached hydrogens (tertiary/aromatic N) is 1. The lowest BCUT2D eigenvalue weighted by atomic mass is 10.1. The molecule has 0 bridgehead atoms. The number of carbonyl (C=O) groups is 3. The third-order valence-electron chi connectivity index (χ3n) is 5.22. The first kappa shape index (κ1) is 26.2. The van der Waals surface area contributed by atoms with Gasteiger partial charge in [-0.3, -0.25) is 14.9 Å². The van der Waals surface area contributed by atoms with E-state index in [4.69, 9.17) is 27.9 Å². The number of rotatable bonds is 5. The standard InChI is InChI=1S/C25H14Cl2F4N2O4/c26-17-7-6-15(25(29,30)31)11-20(17)33-23(35)16(22(34)32-24(33)36)9-13-5-8-21(18(27)10-13)37-12-14-3-1-2-4-19(14)28/h1-11H,12H2,(H,32,34,36)/b16-9-. The van der Waals surface area contributed by atoms with Crippen molar-refractivity contribution >= 4 is 52.8 Å². The van der Waals surface area contributed by atoms with E-state index in [9.17, 15) is 31.9 Å². The highest BCUT2D eigenvalue weighted by Gasteiger charge is 2.39. The molecule has 1 fully saturated rings. The number of anilines is 1. The number of nitrogens with one attached hydrogen (secondary N) is 1. The van der Waals surface area contributed by atoms with Crippen molar-refractivity contribution in [1.29, 1.82) is 0 Å². The molecule has 0 atom stereocenters. The summed E-state index contributed by atoms with van der Waals surface area (Å²) in [6, 6.07) is 11.1. The molecule has 6 nitrogen and oxygen atoms in total. The second-order valence-corrected chi connectivity index (χ2v) is 8.51. The molecule has 1 saturated heterocycles. The number of halogens is 6. The maximum atomic E-state index is 13.8. The highest BCUT2D eigenvalue weighted by molar-refractivity contribution is 6.42. The number of carbonyl (C=O) groups excluding carboxylic acids is 3. The number of hydrogen-bond acceptors (Lipinski definition) is 4. The quantitative estimate of drug-likeness (QED) is 0.226. The van der Waals surface area contributed by atoms with Crippen LogP contribution in [0.25, 0.3) is 6.08 Å². The molecule has 190 valence electrons. The zero-order valence-corrected chi connectivity index (χ0v) is 19.9. The summed E-state index contributed by atoms with van der Waals surface area (Å²) >= 11 is 12.2. The summed E-state index contributed by atoms with van der Waals surface area (Å²) in [5.41, 5.74) is -1.71. The number of barbiturate groups is 1. The van der Waals surface area contributed by atoms with Gasteiger partial charge in [-0.25, -0.2) is 14.1 Å².